The Morgan fingerprint density at radius 3 is 2.47 bits per heavy atom. The van der Waals surface area contributed by atoms with Gasteiger partial charge >= 0.3 is 0 Å². The van der Waals surface area contributed by atoms with E-state index in [1.54, 1.807) is 0 Å². The van der Waals surface area contributed by atoms with Crippen LogP contribution in [0.15, 0.2) is 28.7 Å². The number of carbonyl (C=O) groups excluding carboxylic acids is 1. The zero-order valence-corrected chi connectivity index (χ0v) is 12.9. The minimum Gasteiger partial charge on any atom is -0.353 e. The zero-order valence-electron chi connectivity index (χ0n) is 11.3. The molecule has 3 heteroatoms. The van der Waals surface area contributed by atoms with E-state index in [1.807, 2.05) is 12.1 Å². The molecule has 102 valence electrons. The summed E-state index contributed by atoms with van der Waals surface area (Å²) in [5, 5.41) is 3.27. The maximum Gasteiger partial charge on any atom is 0.230 e. The number of amides is 1. The third-order valence-electron chi connectivity index (χ3n) is 4.61. The van der Waals surface area contributed by atoms with Crippen LogP contribution in [0.1, 0.15) is 44.6 Å². The molecule has 2 unspecified atom stereocenters. The largest absolute Gasteiger partial charge is 0.353 e. The van der Waals surface area contributed by atoms with Gasteiger partial charge in [0.2, 0.25) is 5.91 Å². The predicted octanol–water partition coefficient (Wildman–Crippen LogP) is 3.79. The molecule has 0 bridgehead atoms. The van der Waals surface area contributed by atoms with E-state index >= 15 is 0 Å². The summed E-state index contributed by atoms with van der Waals surface area (Å²) in [5.74, 6) is 1.00. The summed E-state index contributed by atoms with van der Waals surface area (Å²) >= 11 is 3.45. The van der Waals surface area contributed by atoms with E-state index in [2.05, 4.69) is 40.3 Å². The molecule has 2 saturated carbocycles. The molecule has 1 aromatic rings. The summed E-state index contributed by atoms with van der Waals surface area (Å²) in [7, 11) is 0. The molecule has 2 fully saturated rings. The standard InChI is InChI=1S/C16H20BrNO/c1-11-2-7-14(10-11)18-15(19)16(8-9-16)12-3-5-13(17)6-4-12/h3-6,11,14H,2,7-10H2,1H3,(H,18,19). The molecule has 0 radical (unpaired) electrons. The number of hydrogen-bond donors (Lipinski definition) is 1. The molecule has 1 aromatic carbocycles. The van der Waals surface area contributed by atoms with Crippen LogP contribution in [-0.2, 0) is 10.2 Å². The maximum absolute atomic E-state index is 12.6. The zero-order chi connectivity index (χ0) is 13.5. The number of hydrogen-bond acceptors (Lipinski definition) is 1. The van der Waals surface area contributed by atoms with Crippen molar-refractivity contribution in [2.24, 2.45) is 5.92 Å². The molecule has 19 heavy (non-hydrogen) atoms. The molecular formula is C16H20BrNO. The molecule has 2 atom stereocenters. The van der Waals surface area contributed by atoms with Gasteiger partial charge in [-0.1, -0.05) is 35.0 Å². The first kappa shape index (κ1) is 13.2. The summed E-state index contributed by atoms with van der Waals surface area (Å²) in [6.07, 6.45) is 5.51. The fourth-order valence-corrected chi connectivity index (χ4v) is 3.47. The highest BCUT2D eigenvalue weighted by molar-refractivity contribution is 9.10. The molecule has 2 nitrogen and oxygen atoms in total. The van der Waals surface area contributed by atoms with Crippen molar-refractivity contribution in [3.05, 3.63) is 34.3 Å². The van der Waals surface area contributed by atoms with Crippen LogP contribution in [0.25, 0.3) is 0 Å². The molecule has 1 N–H and O–H groups in total. The van der Waals surface area contributed by atoms with Crippen molar-refractivity contribution in [1.29, 1.82) is 0 Å². The Balaban J connectivity index is 1.70. The second-order valence-electron chi connectivity index (χ2n) is 6.18. The SMILES string of the molecule is CC1CCC(NC(=O)C2(c3ccc(Br)cc3)CC2)C1. The minimum absolute atomic E-state index is 0.230. The quantitative estimate of drug-likeness (QED) is 0.901. The lowest BCUT2D eigenvalue weighted by molar-refractivity contribution is -0.124. The molecule has 3 rings (SSSR count). The number of carbonyl (C=O) groups is 1. The normalized spacial score (nSPS) is 28.1. The first-order chi connectivity index (χ1) is 9.10. The van der Waals surface area contributed by atoms with E-state index in [-0.39, 0.29) is 11.3 Å². The number of rotatable bonds is 3. The molecule has 0 heterocycles. The van der Waals surface area contributed by atoms with Crippen LogP contribution in [-0.4, -0.2) is 11.9 Å². The van der Waals surface area contributed by atoms with Gasteiger partial charge in [0.15, 0.2) is 0 Å². The third-order valence-corrected chi connectivity index (χ3v) is 5.14. The molecule has 1 amide bonds. The van der Waals surface area contributed by atoms with E-state index in [9.17, 15) is 4.79 Å². The Morgan fingerprint density at radius 1 is 1.26 bits per heavy atom. The van der Waals surface area contributed by atoms with Crippen molar-refractivity contribution >= 4 is 21.8 Å². The van der Waals surface area contributed by atoms with Gasteiger partial charge in [0.05, 0.1) is 5.41 Å². The first-order valence-corrected chi connectivity index (χ1v) is 7.96. The van der Waals surface area contributed by atoms with Gasteiger partial charge in [-0.25, -0.2) is 0 Å². The number of benzene rings is 1. The summed E-state index contributed by atoms with van der Waals surface area (Å²) in [5.41, 5.74) is 0.936. The summed E-state index contributed by atoms with van der Waals surface area (Å²) < 4.78 is 1.07. The van der Waals surface area contributed by atoms with Crippen LogP contribution in [0.3, 0.4) is 0 Å². The van der Waals surface area contributed by atoms with Crippen molar-refractivity contribution in [2.75, 3.05) is 0 Å². The average molecular weight is 322 g/mol. The predicted molar refractivity (Wildman–Crippen MR) is 80.0 cm³/mol. The third kappa shape index (κ3) is 2.58. The van der Waals surface area contributed by atoms with Gasteiger partial charge in [-0.2, -0.15) is 0 Å². The fraction of sp³-hybridized carbons (Fsp3) is 0.562. The van der Waals surface area contributed by atoms with Gasteiger partial charge in [0, 0.05) is 10.5 Å². The lowest BCUT2D eigenvalue weighted by atomic mass is 9.94. The highest BCUT2D eigenvalue weighted by Crippen LogP contribution is 2.48. The van der Waals surface area contributed by atoms with Crippen molar-refractivity contribution < 1.29 is 4.79 Å². The van der Waals surface area contributed by atoms with Gasteiger partial charge in [-0.05, 0) is 55.7 Å². The second kappa shape index (κ2) is 4.93. The summed E-state index contributed by atoms with van der Waals surface area (Å²) in [6, 6.07) is 8.61. The average Bonchev–Trinajstić information content (AvgIpc) is 3.10. The lowest BCUT2D eigenvalue weighted by Crippen LogP contribution is -2.40. The van der Waals surface area contributed by atoms with Gasteiger partial charge in [0.1, 0.15) is 0 Å². The Bertz CT molecular complexity index is 478. The second-order valence-corrected chi connectivity index (χ2v) is 7.09. The highest BCUT2D eigenvalue weighted by atomic mass is 79.9. The minimum atomic E-state index is -0.230. The van der Waals surface area contributed by atoms with Crippen LogP contribution >= 0.6 is 15.9 Å². The number of nitrogens with one attached hydrogen (secondary N) is 1. The smallest absolute Gasteiger partial charge is 0.230 e. The van der Waals surface area contributed by atoms with Crippen molar-refractivity contribution in [1.82, 2.24) is 5.32 Å². The van der Waals surface area contributed by atoms with Gasteiger partial charge in [0.25, 0.3) is 0 Å². The van der Waals surface area contributed by atoms with Crippen LogP contribution in [0.5, 0.6) is 0 Å². The molecule has 0 aromatic heterocycles. The molecule has 2 aliphatic rings. The van der Waals surface area contributed by atoms with Crippen LogP contribution in [0.2, 0.25) is 0 Å². The Kier molecular flexibility index (Phi) is 3.42. The van der Waals surface area contributed by atoms with Crippen LogP contribution in [0, 0.1) is 5.92 Å². The lowest BCUT2D eigenvalue weighted by Gasteiger charge is -2.19. The van der Waals surface area contributed by atoms with E-state index in [4.69, 9.17) is 0 Å². The van der Waals surface area contributed by atoms with Gasteiger partial charge < -0.3 is 5.32 Å². The van der Waals surface area contributed by atoms with Gasteiger partial charge in [-0.15, -0.1) is 0 Å². The highest BCUT2D eigenvalue weighted by Gasteiger charge is 2.51. The van der Waals surface area contributed by atoms with Crippen molar-refractivity contribution in [3.63, 3.8) is 0 Å². The molecule has 0 spiro atoms. The Morgan fingerprint density at radius 2 is 1.95 bits per heavy atom. The first-order valence-electron chi connectivity index (χ1n) is 7.17. The van der Waals surface area contributed by atoms with E-state index in [0.717, 1.165) is 36.1 Å². The van der Waals surface area contributed by atoms with Crippen molar-refractivity contribution in [3.8, 4) is 0 Å². The monoisotopic (exact) mass is 321 g/mol. The van der Waals surface area contributed by atoms with Crippen LogP contribution < -0.4 is 5.32 Å². The van der Waals surface area contributed by atoms with E-state index in [1.165, 1.54) is 12.0 Å². The van der Waals surface area contributed by atoms with E-state index in [0.29, 0.717) is 6.04 Å². The Hall–Kier alpha value is -0.830. The number of halogens is 1. The Labute approximate surface area is 123 Å². The fourth-order valence-electron chi connectivity index (χ4n) is 3.20. The molecular weight excluding hydrogens is 302 g/mol. The van der Waals surface area contributed by atoms with Crippen LogP contribution in [0.4, 0.5) is 0 Å². The topological polar surface area (TPSA) is 29.1 Å². The van der Waals surface area contributed by atoms with Gasteiger partial charge in [-0.3, -0.25) is 4.79 Å². The summed E-state index contributed by atoms with van der Waals surface area (Å²) in [6.45, 7) is 2.27. The van der Waals surface area contributed by atoms with Crippen molar-refractivity contribution in [2.45, 2.75) is 50.5 Å². The summed E-state index contributed by atoms with van der Waals surface area (Å²) in [4.78, 5) is 12.6. The van der Waals surface area contributed by atoms with E-state index < -0.39 is 0 Å². The molecule has 2 aliphatic carbocycles. The molecule has 0 aliphatic heterocycles. The molecule has 0 saturated heterocycles. The maximum atomic E-state index is 12.6.